The molecule has 0 radical (unpaired) electrons. The summed E-state index contributed by atoms with van der Waals surface area (Å²) in [6.45, 7) is 8.13. The Morgan fingerprint density at radius 1 is 1.17 bits per heavy atom. The quantitative estimate of drug-likeness (QED) is 0.547. The van der Waals surface area contributed by atoms with Crippen molar-refractivity contribution in [1.82, 2.24) is 15.5 Å². The molecule has 1 aromatic carbocycles. The highest BCUT2D eigenvalue weighted by Crippen LogP contribution is 2.23. The number of furan rings is 1. The van der Waals surface area contributed by atoms with Crippen molar-refractivity contribution in [3.8, 4) is 0 Å². The SMILES string of the molecule is CCNC(=NCc1cc(F)ccc1F)NCC(c1ccc(C)o1)N1CCOCC1. The molecule has 29 heavy (non-hydrogen) atoms. The molecule has 1 aliphatic rings. The molecule has 0 saturated carbocycles. The Balaban J connectivity index is 1.71. The van der Waals surface area contributed by atoms with E-state index < -0.39 is 11.6 Å². The molecule has 0 aliphatic carbocycles. The summed E-state index contributed by atoms with van der Waals surface area (Å²) in [6.07, 6.45) is 0. The topological polar surface area (TPSA) is 62.0 Å². The lowest BCUT2D eigenvalue weighted by Crippen LogP contribution is -2.46. The van der Waals surface area contributed by atoms with E-state index in [0.717, 1.165) is 36.7 Å². The van der Waals surface area contributed by atoms with E-state index in [1.54, 1.807) is 0 Å². The lowest BCUT2D eigenvalue weighted by atomic mass is 10.1. The molecule has 0 bridgehead atoms. The zero-order valence-electron chi connectivity index (χ0n) is 16.9. The molecule has 1 saturated heterocycles. The predicted molar refractivity (Wildman–Crippen MR) is 108 cm³/mol. The van der Waals surface area contributed by atoms with Gasteiger partial charge in [-0.1, -0.05) is 0 Å². The van der Waals surface area contributed by atoms with Crippen LogP contribution in [0.3, 0.4) is 0 Å². The van der Waals surface area contributed by atoms with Gasteiger partial charge in [-0.15, -0.1) is 0 Å². The van der Waals surface area contributed by atoms with Crippen LogP contribution in [0.4, 0.5) is 8.78 Å². The van der Waals surface area contributed by atoms with Crippen molar-refractivity contribution in [2.24, 2.45) is 4.99 Å². The van der Waals surface area contributed by atoms with Gasteiger partial charge in [-0.25, -0.2) is 13.8 Å². The number of morpholine rings is 1. The molecule has 8 heteroatoms. The first-order chi connectivity index (χ1) is 14.1. The van der Waals surface area contributed by atoms with Gasteiger partial charge in [0.25, 0.3) is 0 Å². The van der Waals surface area contributed by atoms with Crippen molar-refractivity contribution in [3.63, 3.8) is 0 Å². The Morgan fingerprint density at radius 2 is 1.97 bits per heavy atom. The van der Waals surface area contributed by atoms with Crippen LogP contribution in [0.15, 0.2) is 39.7 Å². The van der Waals surface area contributed by atoms with Crippen LogP contribution in [-0.4, -0.2) is 50.3 Å². The fourth-order valence-electron chi connectivity index (χ4n) is 3.30. The molecule has 0 amide bonds. The van der Waals surface area contributed by atoms with Crippen molar-refractivity contribution < 1.29 is 17.9 Å². The maximum absolute atomic E-state index is 13.9. The van der Waals surface area contributed by atoms with Crippen molar-refractivity contribution >= 4 is 5.96 Å². The van der Waals surface area contributed by atoms with Crippen LogP contribution in [0.25, 0.3) is 0 Å². The summed E-state index contributed by atoms with van der Waals surface area (Å²) < 4.78 is 38.6. The van der Waals surface area contributed by atoms with Gasteiger partial charge in [-0.3, -0.25) is 4.90 Å². The van der Waals surface area contributed by atoms with Gasteiger partial charge >= 0.3 is 0 Å². The van der Waals surface area contributed by atoms with Gasteiger partial charge < -0.3 is 19.8 Å². The number of aliphatic imine (C=N–C) groups is 1. The lowest BCUT2D eigenvalue weighted by Gasteiger charge is -2.33. The average molecular weight is 406 g/mol. The number of benzene rings is 1. The molecule has 158 valence electrons. The third-order valence-electron chi connectivity index (χ3n) is 4.80. The highest BCUT2D eigenvalue weighted by molar-refractivity contribution is 5.79. The minimum Gasteiger partial charge on any atom is -0.465 e. The van der Waals surface area contributed by atoms with Crippen molar-refractivity contribution in [2.45, 2.75) is 26.4 Å². The zero-order valence-corrected chi connectivity index (χ0v) is 16.9. The van der Waals surface area contributed by atoms with Gasteiger partial charge in [0, 0.05) is 31.7 Å². The molecular formula is C21H28F2N4O2. The van der Waals surface area contributed by atoms with E-state index in [1.165, 1.54) is 6.07 Å². The largest absolute Gasteiger partial charge is 0.465 e. The molecule has 3 rings (SSSR count). The summed E-state index contributed by atoms with van der Waals surface area (Å²) >= 11 is 0. The van der Waals surface area contributed by atoms with Crippen molar-refractivity contribution in [2.75, 3.05) is 39.4 Å². The van der Waals surface area contributed by atoms with Crippen LogP contribution in [0.1, 0.15) is 30.0 Å². The second-order valence-corrected chi connectivity index (χ2v) is 6.92. The number of nitrogens with zero attached hydrogens (tertiary/aromatic N) is 2. The average Bonchev–Trinajstić information content (AvgIpc) is 3.15. The van der Waals surface area contributed by atoms with Gasteiger partial charge in [-0.2, -0.15) is 0 Å². The van der Waals surface area contributed by atoms with E-state index in [-0.39, 0.29) is 18.2 Å². The number of rotatable bonds is 7. The standard InChI is InChI=1S/C21H28F2N4O2/c1-3-24-21(25-13-16-12-17(22)5-6-18(16)23)26-14-19(20-7-4-15(2)29-20)27-8-10-28-11-9-27/h4-7,12,19H,3,8-11,13-14H2,1-2H3,(H2,24,25,26). The monoisotopic (exact) mass is 406 g/mol. The van der Waals surface area contributed by atoms with E-state index in [4.69, 9.17) is 9.15 Å². The van der Waals surface area contributed by atoms with E-state index in [9.17, 15) is 8.78 Å². The van der Waals surface area contributed by atoms with Gasteiger partial charge in [0.05, 0.1) is 25.8 Å². The van der Waals surface area contributed by atoms with Crippen LogP contribution in [0.5, 0.6) is 0 Å². The summed E-state index contributed by atoms with van der Waals surface area (Å²) in [5, 5.41) is 6.46. The molecule has 1 atom stereocenters. The van der Waals surface area contributed by atoms with Crippen molar-refractivity contribution in [3.05, 3.63) is 59.1 Å². The number of hydrogen-bond acceptors (Lipinski definition) is 4. The molecule has 1 unspecified atom stereocenters. The number of ether oxygens (including phenoxy) is 1. The maximum Gasteiger partial charge on any atom is 0.191 e. The summed E-state index contributed by atoms with van der Waals surface area (Å²) in [5.41, 5.74) is 0.216. The van der Waals surface area contributed by atoms with Crippen LogP contribution >= 0.6 is 0 Å². The van der Waals surface area contributed by atoms with E-state index in [0.29, 0.717) is 32.3 Å². The highest BCUT2D eigenvalue weighted by atomic mass is 19.1. The minimum absolute atomic E-state index is 0.0161. The first-order valence-electron chi connectivity index (χ1n) is 9.91. The first-order valence-corrected chi connectivity index (χ1v) is 9.91. The smallest absolute Gasteiger partial charge is 0.191 e. The van der Waals surface area contributed by atoms with Gasteiger partial charge in [-0.05, 0) is 44.2 Å². The van der Waals surface area contributed by atoms with E-state index in [1.807, 2.05) is 26.0 Å². The summed E-state index contributed by atoms with van der Waals surface area (Å²) in [7, 11) is 0. The lowest BCUT2D eigenvalue weighted by molar-refractivity contribution is 0.0124. The Hall–Kier alpha value is -2.45. The van der Waals surface area contributed by atoms with Gasteiger partial charge in [0.2, 0.25) is 0 Å². The third-order valence-corrected chi connectivity index (χ3v) is 4.80. The Morgan fingerprint density at radius 3 is 2.66 bits per heavy atom. The number of halogens is 2. The molecule has 1 aromatic heterocycles. The number of hydrogen-bond donors (Lipinski definition) is 2. The van der Waals surface area contributed by atoms with Crippen LogP contribution in [0.2, 0.25) is 0 Å². The molecule has 6 nitrogen and oxygen atoms in total. The van der Waals surface area contributed by atoms with Crippen LogP contribution < -0.4 is 10.6 Å². The molecule has 0 spiro atoms. The number of aryl methyl sites for hydroxylation is 1. The van der Waals surface area contributed by atoms with E-state index >= 15 is 0 Å². The normalized spacial score (nSPS) is 16.6. The highest BCUT2D eigenvalue weighted by Gasteiger charge is 2.25. The maximum atomic E-state index is 13.9. The van der Waals surface area contributed by atoms with Crippen LogP contribution in [-0.2, 0) is 11.3 Å². The molecule has 1 aliphatic heterocycles. The molecule has 2 aromatic rings. The van der Waals surface area contributed by atoms with Crippen molar-refractivity contribution in [1.29, 1.82) is 0 Å². The molecular weight excluding hydrogens is 378 g/mol. The number of nitrogens with one attached hydrogen (secondary N) is 2. The Kier molecular flexibility index (Phi) is 7.60. The zero-order chi connectivity index (χ0) is 20.6. The number of guanidine groups is 1. The Bertz CT molecular complexity index is 819. The first kappa shape index (κ1) is 21.3. The van der Waals surface area contributed by atoms with Gasteiger partial charge in [0.15, 0.2) is 5.96 Å². The summed E-state index contributed by atoms with van der Waals surface area (Å²) in [6, 6.07) is 7.35. The molecule has 2 heterocycles. The summed E-state index contributed by atoms with van der Waals surface area (Å²) in [5.74, 6) is 1.33. The third kappa shape index (κ3) is 6.01. The minimum atomic E-state index is -0.477. The van der Waals surface area contributed by atoms with Crippen LogP contribution in [0, 0.1) is 18.6 Å². The van der Waals surface area contributed by atoms with Gasteiger partial charge in [0.1, 0.15) is 23.2 Å². The summed E-state index contributed by atoms with van der Waals surface area (Å²) in [4.78, 5) is 6.73. The molecule has 2 N–H and O–H groups in total. The predicted octanol–water partition coefficient (Wildman–Crippen LogP) is 2.99. The fraction of sp³-hybridized carbons (Fsp3) is 0.476. The fourth-order valence-corrected chi connectivity index (χ4v) is 3.30. The second kappa shape index (κ2) is 10.4. The second-order valence-electron chi connectivity index (χ2n) is 6.92. The molecule has 1 fully saturated rings. The Labute approximate surface area is 169 Å². The van der Waals surface area contributed by atoms with E-state index in [2.05, 4.69) is 20.5 Å².